The van der Waals surface area contributed by atoms with E-state index in [0.717, 1.165) is 39.1 Å². The Kier molecular flexibility index (Phi) is 2.57. The summed E-state index contributed by atoms with van der Waals surface area (Å²) >= 11 is 0. The van der Waals surface area contributed by atoms with Gasteiger partial charge in [0.1, 0.15) is 0 Å². The molecule has 3 rings (SSSR count). The lowest BCUT2D eigenvalue weighted by molar-refractivity contribution is 0.121. The van der Waals surface area contributed by atoms with Crippen molar-refractivity contribution in [2.24, 2.45) is 0 Å². The summed E-state index contributed by atoms with van der Waals surface area (Å²) in [6.45, 7) is 5.02. The Bertz CT molecular complexity index is 376. The van der Waals surface area contributed by atoms with Crippen molar-refractivity contribution in [2.75, 3.05) is 31.6 Å². The van der Waals surface area contributed by atoms with Crippen molar-refractivity contribution in [3.63, 3.8) is 0 Å². The average Bonchev–Trinajstić information content (AvgIpc) is 2.94. The molecule has 1 aromatic heterocycles. The van der Waals surface area contributed by atoms with E-state index in [0.29, 0.717) is 6.10 Å². The van der Waals surface area contributed by atoms with Crippen molar-refractivity contribution in [3.8, 4) is 0 Å². The van der Waals surface area contributed by atoms with E-state index >= 15 is 0 Å². The van der Waals surface area contributed by atoms with Gasteiger partial charge in [-0.25, -0.2) is 0 Å². The van der Waals surface area contributed by atoms with Crippen LogP contribution < -0.4 is 10.2 Å². The van der Waals surface area contributed by atoms with Crippen molar-refractivity contribution >= 4 is 5.69 Å². The summed E-state index contributed by atoms with van der Waals surface area (Å²) in [6.07, 6.45) is 3.50. The smallest absolute Gasteiger partial charge is 0.0799 e. The molecule has 0 amide bonds. The molecule has 0 spiro atoms. The fourth-order valence-corrected chi connectivity index (χ4v) is 2.57. The molecule has 1 fully saturated rings. The van der Waals surface area contributed by atoms with E-state index in [4.69, 9.17) is 4.74 Å². The predicted molar refractivity (Wildman–Crippen MR) is 61.6 cm³/mol. The van der Waals surface area contributed by atoms with Gasteiger partial charge in [-0.15, -0.1) is 0 Å². The number of rotatable bonds is 2. The van der Waals surface area contributed by atoms with Gasteiger partial charge in [0.2, 0.25) is 0 Å². The number of nitrogens with one attached hydrogen (secondary N) is 1. The first-order valence-corrected chi connectivity index (χ1v) is 5.91. The lowest BCUT2D eigenvalue weighted by atomic mass is 10.3. The Hall–Kier alpha value is -1.07. The number of nitrogens with zero attached hydrogens (tertiary/aromatic N) is 3. The van der Waals surface area contributed by atoms with Crippen LogP contribution >= 0.6 is 0 Å². The summed E-state index contributed by atoms with van der Waals surface area (Å²) in [6, 6.07) is 0. The Morgan fingerprint density at radius 2 is 2.44 bits per heavy atom. The zero-order chi connectivity index (χ0) is 11.0. The van der Waals surface area contributed by atoms with Crippen LogP contribution in [0.25, 0.3) is 0 Å². The minimum absolute atomic E-state index is 0.382. The molecule has 0 radical (unpaired) electrons. The topological polar surface area (TPSA) is 42.3 Å². The van der Waals surface area contributed by atoms with Crippen LogP contribution in [0.1, 0.15) is 12.1 Å². The van der Waals surface area contributed by atoms with Gasteiger partial charge in [0.15, 0.2) is 0 Å². The van der Waals surface area contributed by atoms with Crippen LogP contribution in [0.2, 0.25) is 0 Å². The second-order valence-electron chi connectivity index (χ2n) is 4.47. The molecule has 0 aromatic carbocycles. The van der Waals surface area contributed by atoms with E-state index in [1.54, 1.807) is 7.11 Å². The third-order valence-electron chi connectivity index (χ3n) is 3.54. The van der Waals surface area contributed by atoms with Crippen molar-refractivity contribution < 1.29 is 4.74 Å². The van der Waals surface area contributed by atoms with Gasteiger partial charge in [-0.05, 0) is 6.42 Å². The van der Waals surface area contributed by atoms with Crippen LogP contribution in [0, 0.1) is 0 Å². The molecule has 0 saturated carbocycles. The molecule has 1 atom stereocenters. The number of aromatic nitrogens is 2. The summed E-state index contributed by atoms with van der Waals surface area (Å²) in [5, 5.41) is 7.84. The fourth-order valence-electron chi connectivity index (χ4n) is 2.57. The molecule has 2 aliphatic rings. The van der Waals surface area contributed by atoms with E-state index in [-0.39, 0.29) is 0 Å². The zero-order valence-electron chi connectivity index (χ0n) is 9.65. The molecule has 88 valence electrons. The monoisotopic (exact) mass is 222 g/mol. The number of methoxy groups -OCH3 is 1. The van der Waals surface area contributed by atoms with Gasteiger partial charge >= 0.3 is 0 Å². The van der Waals surface area contributed by atoms with E-state index in [2.05, 4.69) is 20.0 Å². The van der Waals surface area contributed by atoms with E-state index in [1.807, 2.05) is 6.20 Å². The molecule has 5 nitrogen and oxygen atoms in total. The van der Waals surface area contributed by atoms with Gasteiger partial charge in [-0.1, -0.05) is 0 Å². The molecule has 0 aliphatic carbocycles. The maximum atomic E-state index is 5.40. The SMILES string of the molecule is CO[C@@H]1CCN(c2cnn3c2CNCC3)C1. The van der Waals surface area contributed by atoms with Crippen LogP contribution in [0.3, 0.4) is 0 Å². The normalized spacial score (nSPS) is 24.8. The minimum atomic E-state index is 0.382. The van der Waals surface area contributed by atoms with Gasteiger partial charge in [0, 0.05) is 33.3 Å². The Morgan fingerprint density at radius 1 is 1.50 bits per heavy atom. The molecule has 0 bridgehead atoms. The van der Waals surface area contributed by atoms with E-state index in [1.165, 1.54) is 11.4 Å². The van der Waals surface area contributed by atoms with Crippen LogP contribution in [-0.2, 0) is 17.8 Å². The fraction of sp³-hybridized carbons (Fsp3) is 0.727. The number of ether oxygens (including phenoxy) is 1. The van der Waals surface area contributed by atoms with Crippen LogP contribution in [0.15, 0.2) is 6.20 Å². The summed E-state index contributed by atoms with van der Waals surface area (Å²) < 4.78 is 7.52. The Morgan fingerprint density at radius 3 is 3.25 bits per heavy atom. The summed E-state index contributed by atoms with van der Waals surface area (Å²) in [7, 11) is 1.79. The molecule has 2 aliphatic heterocycles. The lowest BCUT2D eigenvalue weighted by Crippen LogP contribution is -2.30. The summed E-state index contributed by atoms with van der Waals surface area (Å²) in [4.78, 5) is 2.39. The van der Waals surface area contributed by atoms with Gasteiger partial charge in [-0.2, -0.15) is 5.10 Å². The maximum absolute atomic E-state index is 5.40. The van der Waals surface area contributed by atoms with Crippen LogP contribution in [0.4, 0.5) is 5.69 Å². The first-order valence-electron chi connectivity index (χ1n) is 5.91. The summed E-state index contributed by atoms with van der Waals surface area (Å²) in [5.74, 6) is 0. The quantitative estimate of drug-likeness (QED) is 0.777. The van der Waals surface area contributed by atoms with Crippen molar-refractivity contribution in [3.05, 3.63) is 11.9 Å². The van der Waals surface area contributed by atoms with E-state index < -0.39 is 0 Å². The highest BCUT2D eigenvalue weighted by Gasteiger charge is 2.26. The first kappa shape index (κ1) is 10.1. The number of anilines is 1. The predicted octanol–water partition coefficient (Wildman–Crippen LogP) is 0.211. The standard InChI is InChI=1S/C11H18N4O/c1-16-9-2-4-14(8-9)10-7-13-15-5-3-12-6-11(10)15/h7,9,12H,2-6,8H2,1H3/t9-/m1/s1. The number of fused-ring (bicyclic) bond motifs is 1. The highest BCUT2D eigenvalue weighted by atomic mass is 16.5. The zero-order valence-corrected chi connectivity index (χ0v) is 9.65. The van der Waals surface area contributed by atoms with Crippen molar-refractivity contribution in [1.29, 1.82) is 0 Å². The second kappa shape index (κ2) is 4.07. The van der Waals surface area contributed by atoms with Crippen LogP contribution in [0.5, 0.6) is 0 Å². The Balaban J connectivity index is 1.82. The van der Waals surface area contributed by atoms with Gasteiger partial charge in [0.25, 0.3) is 0 Å². The summed E-state index contributed by atoms with van der Waals surface area (Å²) in [5.41, 5.74) is 2.61. The Labute approximate surface area is 95.4 Å². The molecular weight excluding hydrogens is 204 g/mol. The van der Waals surface area contributed by atoms with E-state index in [9.17, 15) is 0 Å². The first-order chi connectivity index (χ1) is 7.88. The van der Waals surface area contributed by atoms with Gasteiger partial charge in [-0.3, -0.25) is 4.68 Å². The molecular formula is C11H18N4O. The highest BCUT2D eigenvalue weighted by molar-refractivity contribution is 5.51. The third-order valence-corrected chi connectivity index (χ3v) is 3.54. The minimum Gasteiger partial charge on any atom is -0.380 e. The van der Waals surface area contributed by atoms with Crippen molar-refractivity contribution in [2.45, 2.75) is 25.6 Å². The largest absolute Gasteiger partial charge is 0.380 e. The number of hydrogen-bond donors (Lipinski definition) is 1. The highest BCUT2D eigenvalue weighted by Crippen LogP contribution is 2.26. The molecule has 5 heteroatoms. The third kappa shape index (κ3) is 1.60. The number of hydrogen-bond acceptors (Lipinski definition) is 4. The molecule has 16 heavy (non-hydrogen) atoms. The van der Waals surface area contributed by atoms with Crippen LogP contribution in [-0.4, -0.2) is 42.6 Å². The second-order valence-corrected chi connectivity index (χ2v) is 4.47. The molecule has 1 aromatic rings. The molecule has 1 saturated heterocycles. The van der Waals surface area contributed by atoms with Gasteiger partial charge < -0.3 is 15.0 Å². The average molecular weight is 222 g/mol. The lowest BCUT2D eigenvalue weighted by Gasteiger charge is -2.21. The maximum Gasteiger partial charge on any atom is 0.0799 e. The molecule has 0 unspecified atom stereocenters. The molecule has 1 N–H and O–H groups in total. The molecule has 3 heterocycles. The van der Waals surface area contributed by atoms with Crippen molar-refractivity contribution in [1.82, 2.24) is 15.1 Å². The van der Waals surface area contributed by atoms with Gasteiger partial charge in [0.05, 0.1) is 30.2 Å².